The first-order chi connectivity index (χ1) is 15.2. The van der Waals surface area contributed by atoms with Gasteiger partial charge < -0.3 is 20.7 Å². The highest BCUT2D eigenvalue weighted by atomic mass is 16.5. The van der Waals surface area contributed by atoms with Gasteiger partial charge in [-0.2, -0.15) is 5.10 Å². The number of ether oxygens (including phenoxy) is 1. The maximum Gasteiger partial charge on any atom is 0.251 e. The van der Waals surface area contributed by atoms with Crippen molar-refractivity contribution in [1.29, 1.82) is 0 Å². The molecule has 0 saturated carbocycles. The van der Waals surface area contributed by atoms with Crippen LogP contribution in [0.1, 0.15) is 21.5 Å². The Labute approximate surface area is 182 Å². The number of hydrogen-bond donors (Lipinski definition) is 3. The van der Waals surface area contributed by atoms with Crippen LogP contribution in [0.5, 0.6) is 5.75 Å². The van der Waals surface area contributed by atoms with Gasteiger partial charge in [0, 0.05) is 44.6 Å². The van der Waals surface area contributed by atoms with Crippen molar-refractivity contribution < 1.29 is 9.53 Å². The molecule has 0 aliphatic carbocycles. The van der Waals surface area contributed by atoms with Gasteiger partial charge in [-0.15, -0.1) is 0 Å². The van der Waals surface area contributed by atoms with Crippen LogP contribution in [-0.2, 0) is 13.1 Å². The molecule has 0 unspecified atom stereocenters. The fraction of sp³-hybridized carbons (Fsp3) is 0.261. The highest BCUT2D eigenvalue weighted by Crippen LogP contribution is 2.11. The number of hydrogen-bond acceptors (Lipinski definition) is 4. The lowest BCUT2D eigenvalue weighted by Crippen LogP contribution is -2.41. The number of nitrogens with zero attached hydrogens (tertiary/aromatic N) is 3. The van der Waals surface area contributed by atoms with E-state index in [0.29, 0.717) is 37.7 Å². The predicted molar refractivity (Wildman–Crippen MR) is 121 cm³/mol. The van der Waals surface area contributed by atoms with Crippen LogP contribution in [0.15, 0.2) is 72.0 Å². The van der Waals surface area contributed by atoms with Crippen LogP contribution in [0, 0.1) is 0 Å². The van der Waals surface area contributed by atoms with Crippen LogP contribution in [0.25, 0.3) is 0 Å². The molecule has 0 aliphatic heterocycles. The molecule has 0 aliphatic rings. The molecule has 3 rings (SSSR count). The number of aromatic nitrogens is 2. The Morgan fingerprint density at radius 2 is 1.74 bits per heavy atom. The van der Waals surface area contributed by atoms with Crippen molar-refractivity contribution in [2.24, 2.45) is 4.99 Å². The average molecular weight is 421 g/mol. The van der Waals surface area contributed by atoms with Crippen molar-refractivity contribution in [3.63, 3.8) is 0 Å². The van der Waals surface area contributed by atoms with Crippen molar-refractivity contribution in [2.45, 2.75) is 13.1 Å². The standard InChI is InChI=1S/C23H28N6O2/c1-24-23(26-14-13-25-22(30)18-8-10-21(31-2)11-9-18)27-16-19-6-3-4-7-20(19)17-29-15-5-12-28-29/h3-12,15H,13-14,16-17H2,1-2H3,(H,25,30)(H2,24,26,27). The summed E-state index contributed by atoms with van der Waals surface area (Å²) >= 11 is 0. The molecule has 3 aromatic rings. The van der Waals surface area contributed by atoms with Crippen LogP contribution in [0.3, 0.4) is 0 Å². The van der Waals surface area contributed by atoms with E-state index in [0.717, 1.165) is 5.75 Å². The minimum Gasteiger partial charge on any atom is -0.497 e. The molecular formula is C23H28N6O2. The van der Waals surface area contributed by atoms with Gasteiger partial charge in [-0.25, -0.2) is 0 Å². The van der Waals surface area contributed by atoms with Crippen molar-refractivity contribution in [3.8, 4) is 5.75 Å². The first kappa shape index (κ1) is 21.9. The Morgan fingerprint density at radius 3 is 2.42 bits per heavy atom. The first-order valence-corrected chi connectivity index (χ1v) is 10.1. The first-order valence-electron chi connectivity index (χ1n) is 10.1. The highest BCUT2D eigenvalue weighted by molar-refractivity contribution is 5.94. The third-order valence-electron chi connectivity index (χ3n) is 4.74. The molecule has 1 aromatic heterocycles. The lowest BCUT2D eigenvalue weighted by Gasteiger charge is -2.15. The van der Waals surface area contributed by atoms with Gasteiger partial charge in [-0.05, 0) is 41.5 Å². The zero-order valence-electron chi connectivity index (χ0n) is 17.8. The maximum absolute atomic E-state index is 12.2. The Morgan fingerprint density at radius 1 is 1.00 bits per heavy atom. The number of benzene rings is 2. The summed E-state index contributed by atoms with van der Waals surface area (Å²) in [4.78, 5) is 16.5. The summed E-state index contributed by atoms with van der Waals surface area (Å²) < 4.78 is 7.01. The lowest BCUT2D eigenvalue weighted by atomic mass is 10.1. The van der Waals surface area contributed by atoms with Gasteiger partial charge in [0.15, 0.2) is 5.96 Å². The molecular weight excluding hydrogens is 392 g/mol. The molecule has 3 N–H and O–H groups in total. The largest absolute Gasteiger partial charge is 0.497 e. The molecule has 0 radical (unpaired) electrons. The van der Waals surface area contributed by atoms with Gasteiger partial charge in [-0.1, -0.05) is 24.3 Å². The molecule has 0 fully saturated rings. The molecule has 0 saturated heterocycles. The molecule has 162 valence electrons. The van der Waals surface area contributed by atoms with Crippen LogP contribution >= 0.6 is 0 Å². The van der Waals surface area contributed by atoms with E-state index in [1.54, 1.807) is 44.6 Å². The molecule has 8 heteroatoms. The molecule has 0 atom stereocenters. The van der Waals surface area contributed by atoms with Gasteiger partial charge in [0.1, 0.15) is 5.75 Å². The smallest absolute Gasteiger partial charge is 0.251 e. The average Bonchev–Trinajstić information content (AvgIpc) is 3.32. The maximum atomic E-state index is 12.2. The molecule has 0 bridgehead atoms. The van der Waals surface area contributed by atoms with Crippen LogP contribution in [-0.4, -0.2) is 48.9 Å². The quantitative estimate of drug-likeness (QED) is 0.280. The predicted octanol–water partition coefficient (Wildman–Crippen LogP) is 2.03. The van der Waals surface area contributed by atoms with E-state index in [1.165, 1.54) is 11.1 Å². The number of rotatable bonds is 9. The van der Waals surface area contributed by atoms with Gasteiger partial charge in [-0.3, -0.25) is 14.5 Å². The van der Waals surface area contributed by atoms with Gasteiger partial charge in [0.25, 0.3) is 5.91 Å². The summed E-state index contributed by atoms with van der Waals surface area (Å²) in [7, 11) is 3.32. The third-order valence-corrected chi connectivity index (χ3v) is 4.74. The SMILES string of the molecule is CN=C(NCCNC(=O)c1ccc(OC)cc1)NCc1ccccc1Cn1cccn1. The van der Waals surface area contributed by atoms with Crippen molar-refractivity contribution in [1.82, 2.24) is 25.7 Å². The number of aliphatic imine (C=N–C) groups is 1. The van der Waals surface area contributed by atoms with E-state index in [-0.39, 0.29) is 5.91 Å². The number of amides is 1. The highest BCUT2D eigenvalue weighted by Gasteiger charge is 2.06. The Balaban J connectivity index is 1.43. The van der Waals surface area contributed by atoms with E-state index in [9.17, 15) is 4.79 Å². The number of guanidine groups is 1. The van der Waals surface area contributed by atoms with Gasteiger partial charge >= 0.3 is 0 Å². The van der Waals surface area contributed by atoms with Gasteiger partial charge in [0.05, 0.1) is 13.7 Å². The summed E-state index contributed by atoms with van der Waals surface area (Å²) in [5.41, 5.74) is 2.96. The van der Waals surface area contributed by atoms with Gasteiger partial charge in [0.2, 0.25) is 0 Å². The van der Waals surface area contributed by atoms with E-state index in [2.05, 4.69) is 38.2 Å². The Bertz CT molecular complexity index is 984. The second-order valence-electron chi connectivity index (χ2n) is 6.81. The fourth-order valence-electron chi connectivity index (χ4n) is 3.05. The fourth-order valence-corrected chi connectivity index (χ4v) is 3.05. The zero-order valence-corrected chi connectivity index (χ0v) is 17.8. The van der Waals surface area contributed by atoms with Crippen molar-refractivity contribution >= 4 is 11.9 Å². The summed E-state index contributed by atoms with van der Waals surface area (Å²) in [6, 6.07) is 17.2. The zero-order chi connectivity index (χ0) is 21.9. The van der Waals surface area contributed by atoms with Crippen molar-refractivity contribution in [3.05, 3.63) is 83.7 Å². The summed E-state index contributed by atoms with van der Waals surface area (Å²) in [5.74, 6) is 1.27. The van der Waals surface area contributed by atoms with Crippen LogP contribution in [0.2, 0.25) is 0 Å². The van der Waals surface area contributed by atoms with Crippen molar-refractivity contribution in [2.75, 3.05) is 27.2 Å². The summed E-state index contributed by atoms with van der Waals surface area (Å²) in [5, 5.41) is 13.7. The number of carbonyl (C=O) groups is 1. The molecule has 0 spiro atoms. The number of carbonyl (C=O) groups excluding carboxylic acids is 1. The second-order valence-corrected chi connectivity index (χ2v) is 6.81. The van der Waals surface area contributed by atoms with Crippen LogP contribution < -0.4 is 20.7 Å². The van der Waals surface area contributed by atoms with E-state index >= 15 is 0 Å². The van der Waals surface area contributed by atoms with E-state index in [4.69, 9.17) is 4.74 Å². The minimum atomic E-state index is -0.125. The third kappa shape index (κ3) is 6.60. The van der Waals surface area contributed by atoms with E-state index < -0.39 is 0 Å². The summed E-state index contributed by atoms with van der Waals surface area (Å²) in [6.45, 7) is 2.38. The molecule has 31 heavy (non-hydrogen) atoms. The normalized spacial score (nSPS) is 11.1. The monoisotopic (exact) mass is 420 g/mol. The lowest BCUT2D eigenvalue weighted by molar-refractivity contribution is 0.0954. The second kappa shape index (κ2) is 11.4. The Kier molecular flexibility index (Phi) is 8.05. The minimum absolute atomic E-state index is 0.125. The topological polar surface area (TPSA) is 92.6 Å². The summed E-state index contributed by atoms with van der Waals surface area (Å²) in [6.07, 6.45) is 3.73. The molecule has 1 amide bonds. The molecule has 1 heterocycles. The van der Waals surface area contributed by atoms with Crippen LogP contribution in [0.4, 0.5) is 0 Å². The molecule has 8 nitrogen and oxygen atoms in total. The van der Waals surface area contributed by atoms with E-state index in [1.807, 2.05) is 29.1 Å². The molecule has 2 aromatic carbocycles. The number of nitrogens with one attached hydrogen (secondary N) is 3. The number of methoxy groups -OCH3 is 1. The Hall–Kier alpha value is -3.81.